The van der Waals surface area contributed by atoms with E-state index >= 15 is 0 Å². The highest BCUT2D eigenvalue weighted by molar-refractivity contribution is 5.96. The summed E-state index contributed by atoms with van der Waals surface area (Å²) in [5.41, 5.74) is 1.07. The number of nitrogens with one attached hydrogen (secondary N) is 1. The third kappa shape index (κ3) is 2.92. The van der Waals surface area contributed by atoms with Gasteiger partial charge in [0, 0.05) is 18.9 Å². The minimum absolute atomic E-state index is 0.0125. The Morgan fingerprint density at radius 2 is 2.21 bits per heavy atom. The lowest BCUT2D eigenvalue weighted by atomic mass is 10.1. The number of carbonyl (C=O) groups excluding carboxylic acids is 2. The van der Waals surface area contributed by atoms with Crippen molar-refractivity contribution in [1.29, 1.82) is 0 Å². The molecule has 19 heavy (non-hydrogen) atoms. The molecular formula is C14H19N3O2. The molecule has 0 aromatic carbocycles. The first-order valence-electron chi connectivity index (χ1n) is 6.63. The third-order valence-corrected chi connectivity index (χ3v) is 3.52. The van der Waals surface area contributed by atoms with E-state index in [1.165, 1.54) is 0 Å². The molecule has 1 fully saturated rings. The van der Waals surface area contributed by atoms with Crippen molar-refractivity contribution in [1.82, 2.24) is 15.2 Å². The number of piperazine rings is 1. The van der Waals surface area contributed by atoms with Gasteiger partial charge in [-0.1, -0.05) is 13.0 Å². The Hall–Kier alpha value is -1.91. The molecule has 102 valence electrons. The first-order valence-corrected chi connectivity index (χ1v) is 6.63. The van der Waals surface area contributed by atoms with Gasteiger partial charge < -0.3 is 10.2 Å². The highest BCUT2D eigenvalue weighted by Gasteiger charge is 2.36. The van der Waals surface area contributed by atoms with Crippen molar-refractivity contribution >= 4 is 11.8 Å². The van der Waals surface area contributed by atoms with Crippen LogP contribution in [0.2, 0.25) is 0 Å². The second-order valence-electron chi connectivity index (χ2n) is 4.79. The molecule has 2 rings (SSSR count). The highest BCUT2D eigenvalue weighted by atomic mass is 16.2. The van der Waals surface area contributed by atoms with Crippen LogP contribution in [0.1, 0.15) is 25.8 Å². The summed E-state index contributed by atoms with van der Waals surface area (Å²) < 4.78 is 0. The van der Waals surface area contributed by atoms with Gasteiger partial charge in [0.25, 0.3) is 0 Å². The summed E-state index contributed by atoms with van der Waals surface area (Å²) >= 11 is 0. The molecule has 1 aromatic heterocycles. The quantitative estimate of drug-likeness (QED) is 0.870. The molecule has 1 aliphatic heterocycles. The van der Waals surface area contributed by atoms with E-state index in [2.05, 4.69) is 10.3 Å². The molecule has 1 saturated heterocycles. The van der Waals surface area contributed by atoms with Gasteiger partial charge in [0.1, 0.15) is 12.1 Å². The van der Waals surface area contributed by atoms with Crippen LogP contribution < -0.4 is 5.32 Å². The topological polar surface area (TPSA) is 62.3 Å². The van der Waals surface area contributed by atoms with E-state index in [1.807, 2.05) is 19.1 Å². The first-order chi connectivity index (χ1) is 9.13. The molecule has 1 aromatic rings. The Morgan fingerprint density at radius 3 is 2.84 bits per heavy atom. The molecule has 5 heteroatoms. The van der Waals surface area contributed by atoms with Gasteiger partial charge in [-0.25, -0.2) is 0 Å². The van der Waals surface area contributed by atoms with Crippen LogP contribution in [-0.2, 0) is 16.0 Å². The molecular weight excluding hydrogens is 242 g/mol. The van der Waals surface area contributed by atoms with Crippen LogP contribution >= 0.6 is 0 Å². The average Bonchev–Trinajstić information content (AvgIpc) is 2.44. The molecule has 1 aliphatic rings. The first kappa shape index (κ1) is 13.5. The fraction of sp³-hybridized carbons (Fsp3) is 0.500. The molecule has 0 bridgehead atoms. The SMILES string of the molecule is CCC1NC(=O)C(C)N(CCc2cccnc2)C1=O. The second kappa shape index (κ2) is 5.82. The van der Waals surface area contributed by atoms with Crippen molar-refractivity contribution in [2.75, 3.05) is 6.54 Å². The largest absolute Gasteiger partial charge is 0.343 e. The summed E-state index contributed by atoms with van der Waals surface area (Å²) in [4.78, 5) is 29.8. The van der Waals surface area contributed by atoms with Crippen LogP contribution in [0.25, 0.3) is 0 Å². The van der Waals surface area contributed by atoms with Gasteiger partial charge in [0.2, 0.25) is 11.8 Å². The minimum Gasteiger partial charge on any atom is -0.343 e. The van der Waals surface area contributed by atoms with Crippen molar-refractivity contribution in [2.45, 2.75) is 38.8 Å². The van der Waals surface area contributed by atoms with Gasteiger partial charge in [0.15, 0.2) is 0 Å². The van der Waals surface area contributed by atoms with E-state index in [-0.39, 0.29) is 17.9 Å². The summed E-state index contributed by atoms with van der Waals surface area (Å²) in [5, 5.41) is 2.75. The van der Waals surface area contributed by atoms with Crippen LogP contribution in [0, 0.1) is 0 Å². The van der Waals surface area contributed by atoms with E-state index in [0.29, 0.717) is 19.4 Å². The summed E-state index contributed by atoms with van der Waals surface area (Å²) in [6.07, 6.45) is 4.85. The molecule has 0 radical (unpaired) electrons. The number of amides is 2. The van der Waals surface area contributed by atoms with Crippen molar-refractivity contribution in [2.24, 2.45) is 0 Å². The number of aromatic nitrogens is 1. The summed E-state index contributed by atoms with van der Waals surface area (Å²) in [7, 11) is 0. The zero-order valence-corrected chi connectivity index (χ0v) is 11.3. The lowest BCUT2D eigenvalue weighted by Crippen LogP contribution is -2.62. The maximum absolute atomic E-state index is 12.2. The maximum atomic E-state index is 12.2. The molecule has 2 unspecified atom stereocenters. The molecule has 0 saturated carbocycles. The lowest BCUT2D eigenvalue weighted by molar-refractivity contribution is -0.148. The van der Waals surface area contributed by atoms with Gasteiger partial charge in [-0.3, -0.25) is 14.6 Å². The summed E-state index contributed by atoms with van der Waals surface area (Å²) in [6.45, 7) is 4.22. The molecule has 2 amide bonds. The van der Waals surface area contributed by atoms with E-state index in [9.17, 15) is 9.59 Å². The standard InChI is InChI=1S/C14H19N3O2/c1-3-12-14(19)17(10(2)13(18)16-12)8-6-11-5-4-7-15-9-11/h4-5,7,9-10,12H,3,6,8H2,1-2H3,(H,16,18). The molecule has 1 N–H and O–H groups in total. The normalized spacial score (nSPS) is 23.4. The van der Waals surface area contributed by atoms with E-state index in [4.69, 9.17) is 0 Å². The minimum atomic E-state index is -0.396. The van der Waals surface area contributed by atoms with Gasteiger partial charge in [-0.05, 0) is 31.4 Å². The van der Waals surface area contributed by atoms with Gasteiger partial charge in [-0.2, -0.15) is 0 Å². The van der Waals surface area contributed by atoms with Crippen molar-refractivity contribution in [3.63, 3.8) is 0 Å². The Kier molecular flexibility index (Phi) is 4.14. The third-order valence-electron chi connectivity index (χ3n) is 3.52. The van der Waals surface area contributed by atoms with Crippen LogP contribution in [0.15, 0.2) is 24.5 Å². The number of carbonyl (C=O) groups is 2. The Balaban J connectivity index is 2.04. The van der Waals surface area contributed by atoms with Crippen LogP contribution in [0.5, 0.6) is 0 Å². The molecule has 5 nitrogen and oxygen atoms in total. The monoisotopic (exact) mass is 261 g/mol. The van der Waals surface area contributed by atoms with E-state index < -0.39 is 6.04 Å². The van der Waals surface area contributed by atoms with Crippen LogP contribution in [0.4, 0.5) is 0 Å². The van der Waals surface area contributed by atoms with E-state index in [0.717, 1.165) is 5.56 Å². The number of pyridine rings is 1. The molecule has 0 spiro atoms. The van der Waals surface area contributed by atoms with Crippen molar-refractivity contribution in [3.05, 3.63) is 30.1 Å². The Labute approximate surface area is 113 Å². The van der Waals surface area contributed by atoms with E-state index in [1.54, 1.807) is 24.2 Å². The summed E-state index contributed by atoms with van der Waals surface area (Å²) in [5.74, 6) is -0.0591. The molecule has 2 atom stereocenters. The number of hydrogen-bond acceptors (Lipinski definition) is 3. The van der Waals surface area contributed by atoms with Crippen LogP contribution in [0.3, 0.4) is 0 Å². The van der Waals surface area contributed by atoms with Crippen LogP contribution in [-0.4, -0.2) is 40.3 Å². The lowest BCUT2D eigenvalue weighted by Gasteiger charge is -2.37. The fourth-order valence-electron chi connectivity index (χ4n) is 2.26. The Bertz CT molecular complexity index is 461. The maximum Gasteiger partial charge on any atom is 0.245 e. The second-order valence-corrected chi connectivity index (χ2v) is 4.79. The van der Waals surface area contributed by atoms with Crippen molar-refractivity contribution in [3.8, 4) is 0 Å². The van der Waals surface area contributed by atoms with Gasteiger partial charge in [-0.15, -0.1) is 0 Å². The molecule has 2 heterocycles. The predicted molar refractivity (Wildman–Crippen MR) is 71.3 cm³/mol. The molecule has 0 aliphatic carbocycles. The predicted octanol–water partition coefficient (Wildman–Crippen LogP) is 0.750. The summed E-state index contributed by atoms with van der Waals surface area (Å²) in [6, 6.07) is 3.08. The van der Waals surface area contributed by atoms with Gasteiger partial charge in [0.05, 0.1) is 0 Å². The number of hydrogen-bond donors (Lipinski definition) is 1. The van der Waals surface area contributed by atoms with Crippen molar-refractivity contribution < 1.29 is 9.59 Å². The Morgan fingerprint density at radius 1 is 1.42 bits per heavy atom. The zero-order valence-electron chi connectivity index (χ0n) is 11.3. The smallest absolute Gasteiger partial charge is 0.245 e. The van der Waals surface area contributed by atoms with Gasteiger partial charge >= 0.3 is 0 Å². The highest BCUT2D eigenvalue weighted by Crippen LogP contribution is 2.13. The number of nitrogens with zero attached hydrogens (tertiary/aromatic N) is 2. The zero-order chi connectivity index (χ0) is 13.8. The fourth-order valence-corrected chi connectivity index (χ4v) is 2.26. The number of rotatable bonds is 4. The average molecular weight is 261 g/mol.